The minimum Gasteiger partial charge on any atom is -0.497 e. The van der Waals surface area contributed by atoms with Gasteiger partial charge in [0, 0.05) is 10.7 Å². The fourth-order valence-electron chi connectivity index (χ4n) is 1.63. The second-order valence-corrected chi connectivity index (χ2v) is 4.46. The number of urea groups is 1. The number of hydrogen-bond acceptors (Lipinski definition) is 4. The molecule has 0 fully saturated rings. The van der Waals surface area contributed by atoms with Crippen molar-refractivity contribution in [2.24, 2.45) is 5.29 Å². The molecule has 1 N–H and O–H groups in total. The number of carbonyl (C=O) groups is 1. The van der Waals surface area contributed by atoms with Crippen LogP contribution in [0.1, 0.15) is 0 Å². The van der Waals surface area contributed by atoms with Gasteiger partial charge in [0.1, 0.15) is 5.75 Å². The first kappa shape index (κ1) is 14.8. The number of nitroso groups, excluding NO2 is 1. The van der Waals surface area contributed by atoms with E-state index in [1.165, 1.54) is 7.11 Å². The Balaban J connectivity index is 2.13. The number of halogens is 1. The third-order valence-corrected chi connectivity index (χ3v) is 2.94. The average molecular weight is 306 g/mol. The average Bonchev–Trinajstić information content (AvgIpc) is 2.51. The molecule has 0 aliphatic heterocycles. The lowest BCUT2D eigenvalue weighted by Crippen LogP contribution is -2.29. The van der Waals surface area contributed by atoms with E-state index in [9.17, 15) is 9.70 Å². The van der Waals surface area contributed by atoms with E-state index in [2.05, 4.69) is 10.6 Å². The highest BCUT2D eigenvalue weighted by molar-refractivity contribution is 6.30. The number of amides is 2. The van der Waals surface area contributed by atoms with E-state index in [-0.39, 0.29) is 0 Å². The van der Waals surface area contributed by atoms with Crippen LogP contribution in [-0.2, 0) is 0 Å². The zero-order valence-electron chi connectivity index (χ0n) is 11.1. The lowest BCUT2D eigenvalue weighted by Gasteiger charge is -2.14. The van der Waals surface area contributed by atoms with Crippen molar-refractivity contribution >= 4 is 29.0 Å². The summed E-state index contributed by atoms with van der Waals surface area (Å²) in [6.07, 6.45) is 0. The van der Waals surface area contributed by atoms with Crippen LogP contribution in [0.15, 0.2) is 53.8 Å². The van der Waals surface area contributed by atoms with Crippen molar-refractivity contribution in [2.75, 3.05) is 17.4 Å². The van der Waals surface area contributed by atoms with Crippen LogP contribution in [0, 0.1) is 4.91 Å². The summed E-state index contributed by atoms with van der Waals surface area (Å²) in [5, 5.41) is 6.55. The molecule has 2 aromatic rings. The van der Waals surface area contributed by atoms with Crippen molar-refractivity contribution in [1.82, 2.24) is 0 Å². The molecule has 2 rings (SSSR count). The van der Waals surface area contributed by atoms with Crippen molar-refractivity contribution in [3.63, 3.8) is 0 Å². The molecule has 0 radical (unpaired) electrons. The fourth-order valence-corrected chi connectivity index (χ4v) is 1.76. The molecule has 21 heavy (non-hydrogen) atoms. The number of hydrogen-bond donors (Lipinski definition) is 1. The lowest BCUT2D eigenvalue weighted by molar-refractivity contribution is 0.257. The van der Waals surface area contributed by atoms with Gasteiger partial charge >= 0.3 is 6.03 Å². The van der Waals surface area contributed by atoms with E-state index in [1.54, 1.807) is 48.5 Å². The number of rotatable bonds is 4. The number of benzene rings is 2. The van der Waals surface area contributed by atoms with Crippen LogP contribution in [0.2, 0.25) is 5.02 Å². The molecule has 0 aromatic heterocycles. The summed E-state index contributed by atoms with van der Waals surface area (Å²) < 4.78 is 5.01. The molecule has 0 aliphatic carbocycles. The van der Waals surface area contributed by atoms with Crippen LogP contribution in [0.25, 0.3) is 0 Å². The van der Waals surface area contributed by atoms with Gasteiger partial charge in [-0.3, -0.25) is 0 Å². The molecular formula is C14H12ClN3O3. The smallest absolute Gasteiger partial charge is 0.349 e. The molecular weight excluding hydrogens is 294 g/mol. The Kier molecular flexibility index (Phi) is 4.73. The first-order valence-corrected chi connectivity index (χ1v) is 6.36. The highest BCUT2D eigenvalue weighted by Gasteiger charge is 2.16. The number of nitrogens with one attached hydrogen (secondary N) is 1. The Hall–Kier alpha value is -2.60. The van der Waals surface area contributed by atoms with Gasteiger partial charge in [0.2, 0.25) is 0 Å². The summed E-state index contributed by atoms with van der Waals surface area (Å²) in [6, 6.07) is 12.2. The fraction of sp³-hybridized carbons (Fsp3) is 0.0714. The minimum absolute atomic E-state index is 0.331. The highest BCUT2D eigenvalue weighted by atomic mass is 35.5. The van der Waals surface area contributed by atoms with Crippen molar-refractivity contribution in [3.8, 4) is 5.75 Å². The van der Waals surface area contributed by atoms with E-state index in [1.807, 2.05) is 0 Å². The second kappa shape index (κ2) is 6.71. The molecule has 0 heterocycles. The predicted molar refractivity (Wildman–Crippen MR) is 81.7 cm³/mol. The Labute approximate surface area is 126 Å². The van der Waals surface area contributed by atoms with Gasteiger partial charge in [-0.1, -0.05) is 11.6 Å². The summed E-state index contributed by atoms with van der Waals surface area (Å²) in [4.78, 5) is 22.9. The Morgan fingerprint density at radius 3 is 2.29 bits per heavy atom. The van der Waals surface area contributed by atoms with Crippen LogP contribution in [0.5, 0.6) is 5.75 Å². The van der Waals surface area contributed by atoms with Gasteiger partial charge in [-0.2, -0.15) is 0 Å². The maximum absolute atomic E-state index is 12.0. The molecule has 0 aliphatic rings. The van der Waals surface area contributed by atoms with E-state index in [0.717, 1.165) is 0 Å². The molecule has 6 nitrogen and oxygen atoms in total. The predicted octanol–water partition coefficient (Wildman–Crippen LogP) is 4.07. The van der Waals surface area contributed by atoms with Crippen LogP contribution in [0.3, 0.4) is 0 Å². The standard InChI is InChI=1S/C14H12ClN3O3/c1-21-13-8-6-12(7-9-13)18(17-20)14(19)16-11-4-2-10(15)3-5-11/h2-9H,1H3,(H,16,19). The van der Waals surface area contributed by atoms with Crippen molar-refractivity contribution in [1.29, 1.82) is 0 Å². The topological polar surface area (TPSA) is 71.0 Å². The van der Waals surface area contributed by atoms with Gasteiger partial charge in [0.05, 0.1) is 18.1 Å². The molecule has 2 amide bonds. The Morgan fingerprint density at radius 1 is 1.14 bits per heavy atom. The number of anilines is 2. The molecule has 0 saturated heterocycles. The maximum Gasteiger partial charge on any atom is 0.349 e. The highest BCUT2D eigenvalue weighted by Crippen LogP contribution is 2.21. The van der Waals surface area contributed by atoms with E-state index >= 15 is 0 Å². The minimum atomic E-state index is -0.669. The Bertz CT molecular complexity index is 629. The van der Waals surface area contributed by atoms with Gasteiger partial charge in [-0.25, -0.2) is 4.79 Å². The van der Waals surface area contributed by atoms with Gasteiger partial charge in [0.15, 0.2) is 0 Å². The second-order valence-electron chi connectivity index (χ2n) is 4.03. The molecule has 0 bridgehead atoms. The summed E-state index contributed by atoms with van der Waals surface area (Å²) in [7, 11) is 1.53. The lowest BCUT2D eigenvalue weighted by atomic mass is 10.3. The first-order valence-electron chi connectivity index (χ1n) is 5.98. The molecule has 0 saturated carbocycles. The zero-order valence-corrected chi connectivity index (χ0v) is 11.9. The third-order valence-electron chi connectivity index (χ3n) is 2.69. The maximum atomic E-state index is 12.0. The van der Waals surface area contributed by atoms with E-state index in [0.29, 0.717) is 27.2 Å². The molecule has 2 aromatic carbocycles. The summed E-state index contributed by atoms with van der Waals surface area (Å²) >= 11 is 5.76. The van der Waals surface area contributed by atoms with Crippen LogP contribution in [0.4, 0.5) is 16.2 Å². The quantitative estimate of drug-likeness (QED) is 0.683. The SMILES string of the molecule is COc1ccc(N(N=O)C(=O)Nc2ccc(Cl)cc2)cc1. The number of methoxy groups -OCH3 is 1. The van der Waals surface area contributed by atoms with Gasteiger partial charge in [-0.15, -0.1) is 9.92 Å². The van der Waals surface area contributed by atoms with Gasteiger partial charge in [-0.05, 0) is 48.5 Å². The number of ether oxygens (including phenoxy) is 1. The van der Waals surface area contributed by atoms with E-state index in [4.69, 9.17) is 16.3 Å². The van der Waals surface area contributed by atoms with Crippen molar-refractivity contribution in [3.05, 3.63) is 58.5 Å². The van der Waals surface area contributed by atoms with Crippen LogP contribution >= 0.6 is 11.6 Å². The van der Waals surface area contributed by atoms with Crippen LogP contribution in [-0.4, -0.2) is 13.1 Å². The Morgan fingerprint density at radius 2 is 1.76 bits per heavy atom. The van der Waals surface area contributed by atoms with E-state index < -0.39 is 6.03 Å². The molecule has 7 heteroatoms. The zero-order chi connectivity index (χ0) is 15.2. The summed E-state index contributed by atoms with van der Waals surface area (Å²) in [5.41, 5.74) is 0.837. The molecule has 0 unspecified atom stereocenters. The number of nitrogens with zero attached hydrogens (tertiary/aromatic N) is 2. The molecule has 0 atom stereocenters. The number of carbonyl (C=O) groups excluding carboxylic acids is 1. The first-order chi connectivity index (χ1) is 10.1. The molecule has 108 valence electrons. The van der Waals surface area contributed by atoms with Crippen molar-refractivity contribution in [2.45, 2.75) is 0 Å². The summed E-state index contributed by atoms with van der Waals surface area (Å²) in [6.45, 7) is 0. The third kappa shape index (κ3) is 3.70. The normalized spacial score (nSPS) is 9.81. The van der Waals surface area contributed by atoms with Crippen molar-refractivity contribution < 1.29 is 9.53 Å². The van der Waals surface area contributed by atoms with Gasteiger partial charge in [0.25, 0.3) is 0 Å². The molecule has 0 spiro atoms. The van der Waals surface area contributed by atoms with Crippen LogP contribution < -0.4 is 15.1 Å². The largest absolute Gasteiger partial charge is 0.497 e. The monoisotopic (exact) mass is 305 g/mol. The summed E-state index contributed by atoms with van der Waals surface area (Å²) in [5.74, 6) is 0.614. The van der Waals surface area contributed by atoms with Gasteiger partial charge < -0.3 is 10.1 Å².